The summed E-state index contributed by atoms with van der Waals surface area (Å²) in [6, 6.07) is 6.56. The Labute approximate surface area is 130 Å². The zero-order valence-corrected chi connectivity index (χ0v) is 12.8. The maximum absolute atomic E-state index is 6.18. The van der Waals surface area contributed by atoms with Gasteiger partial charge in [-0.15, -0.1) is 0 Å². The summed E-state index contributed by atoms with van der Waals surface area (Å²) in [5.41, 5.74) is 3.37. The molecule has 0 saturated carbocycles. The molecule has 2 aromatic heterocycles. The number of rotatable bonds is 3. The summed E-state index contributed by atoms with van der Waals surface area (Å²) >= 11 is 6.18. The summed E-state index contributed by atoms with van der Waals surface area (Å²) in [4.78, 5) is 10.6. The fourth-order valence-corrected chi connectivity index (χ4v) is 3.00. The number of hydrogen-bond acceptors (Lipinski definition) is 4. The van der Waals surface area contributed by atoms with Crippen LogP contribution in [0.15, 0.2) is 36.8 Å². The second-order valence-electron chi connectivity index (χ2n) is 5.40. The average Bonchev–Trinajstić information content (AvgIpc) is 2.53. The van der Waals surface area contributed by atoms with Crippen molar-refractivity contribution < 1.29 is 0 Å². The lowest BCUT2D eigenvalue weighted by Crippen LogP contribution is -2.39. The lowest BCUT2D eigenvalue weighted by atomic mass is 10.0. The van der Waals surface area contributed by atoms with Crippen LogP contribution < -0.4 is 10.2 Å². The van der Waals surface area contributed by atoms with Crippen molar-refractivity contribution in [2.45, 2.75) is 25.8 Å². The van der Waals surface area contributed by atoms with Gasteiger partial charge in [0.25, 0.3) is 0 Å². The molecular formula is C16H19ClN4. The molecule has 1 N–H and O–H groups in total. The minimum absolute atomic E-state index is 0.448. The molecule has 1 aliphatic rings. The molecule has 0 amide bonds. The highest BCUT2D eigenvalue weighted by molar-refractivity contribution is 6.32. The highest BCUT2D eigenvalue weighted by atomic mass is 35.5. The van der Waals surface area contributed by atoms with Crippen LogP contribution in [0.4, 0.5) is 11.4 Å². The monoisotopic (exact) mass is 302 g/mol. The number of piperidine rings is 1. The van der Waals surface area contributed by atoms with E-state index in [-0.39, 0.29) is 0 Å². The maximum Gasteiger partial charge on any atom is 0.152 e. The molecule has 5 heteroatoms. The Morgan fingerprint density at radius 2 is 1.86 bits per heavy atom. The van der Waals surface area contributed by atoms with Crippen LogP contribution >= 0.6 is 11.6 Å². The third-order valence-corrected chi connectivity index (χ3v) is 4.27. The van der Waals surface area contributed by atoms with Crippen LogP contribution in [0.5, 0.6) is 0 Å². The van der Waals surface area contributed by atoms with Gasteiger partial charge in [0.15, 0.2) is 5.15 Å². The number of hydrogen-bond donors (Lipinski definition) is 1. The largest absolute Gasteiger partial charge is 0.379 e. The van der Waals surface area contributed by atoms with Crippen LogP contribution in [-0.2, 0) is 0 Å². The van der Waals surface area contributed by atoms with Crippen molar-refractivity contribution in [2.24, 2.45) is 0 Å². The molecular weight excluding hydrogens is 284 g/mol. The Kier molecular flexibility index (Phi) is 4.25. The second kappa shape index (κ2) is 6.31. The van der Waals surface area contributed by atoms with Crippen LogP contribution in [0.1, 0.15) is 18.4 Å². The third kappa shape index (κ3) is 3.27. The zero-order valence-electron chi connectivity index (χ0n) is 12.1. The molecule has 0 radical (unpaired) electrons. The summed E-state index contributed by atoms with van der Waals surface area (Å²) < 4.78 is 0. The molecule has 2 aromatic rings. The van der Waals surface area contributed by atoms with Gasteiger partial charge in [0, 0.05) is 43.4 Å². The molecule has 0 atom stereocenters. The first-order valence-corrected chi connectivity index (χ1v) is 7.64. The predicted molar refractivity (Wildman–Crippen MR) is 87.1 cm³/mol. The molecule has 4 nitrogen and oxygen atoms in total. The lowest BCUT2D eigenvalue weighted by molar-refractivity contribution is 0.526. The van der Waals surface area contributed by atoms with Crippen LogP contribution in [0.25, 0.3) is 0 Å². The number of nitrogens with zero attached hydrogens (tertiary/aromatic N) is 3. The van der Waals surface area contributed by atoms with Crippen LogP contribution in [0.2, 0.25) is 5.15 Å². The molecule has 0 aromatic carbocycles. The van der Waals surface area contributed by atoms with Gasteiger partial charge in [-0.05, 0) is 43.5 Å². The molecule has 110 valence electrons. The van der Waals surface area contributed by atoms with Gasteiger partial charge in [0.2, 0.25) is 0 Å². The molecule has 0 spiro atoms. The molecule has 0 unspecified atom stereocenters. The Hall–Kier alpha value is -1.81. The van der Waals surface area contributed by atoms with Gasteiger partial charge < -0.3 is 10.2 Å². The summed E-state index contributed by atoms with van der Waals surface area (Å²) in [7, 11) is 0. The SMILES string of the molecule is Cc1ccnc(Cl)c1NC1CCN(c2ccncc2)CC1. The van der Waals surface area contributed by atoms with Crippen molar-refractivity contribution in [3.05, 3.63) is 47.5 Å². The molecule has 21 heavy (non-hydrogen) atoms. The van der Waals surface area contributed by atoms with E-state index >= 15 is 0 Å². The molecule has 0 aliphatic carbocycles. The Balaban J connectivity index is 1.62. The van der Waals surface area contributed by atoms with Crippen molar-refractivity contribution >= 4 is 23.0 Å². The Morgan fingerprint density at radius 3 is 2.52 bits per heavy atom. The smallest absolute Gasteiger partial charge is 0.152 e. The van der Waals surface area contributed by atoms with Gasteiger partial charge in [-0.3, -0.25) is 4.98 Å². The summed E-state index contributed by atoms with van der Waals surface area (Å²) in [6.07, 6.45) is 7.62. The highest BCUT2D eigenvalue weighted by Crippen LogP contribution is 2.27. The number of aryl methyl sites for hydroxylation is 1. The normalized spacial score (nSPS) is 16.0. The van der Waals surface area contributed by atoms with Crippen LogP contribution in [-0.4, -0.2) is 29.1 Å². The van der Waals surface area contributed by atoms with E-state index in [0.29, 0.717) is 11.2 Å². The molecule has 3 rings (SSSR count). The topological polar surface area (TPSA) is 41.1 Å². The van der Waals surface area contributed by atoms with E-state index in [2.05, 4.69) is 39.2 Å². The van der Waals surface area contributed by atoms with E-state index in [1.54, 1.807) is 6.20 Å². The molecule has 3 heterocycles. The summed E-state index contributed by atoms with van der Waals surface area (Å²) in [5.74, 6) is 0. The predicted octanol–water partition coefficient (Wildman–Crippen LogP) is 3.52. The van der Waals surface area contributed by atoms with E-state index in [1.165, 1.54) is 5.69 Å². The van der Waals surface area contributed by atoms with Crippen molar-refractivity contribution in [1.29, 1.82) is 0 Å². The first-order chi connectivity index (χ1) is 10.2. The van der Waals surface area contributed by atoms with E-state index in [9.17, 15) is 0 Å². The number of halogens is 1. The Morgan fingerprint density at radius 1 is 1.14 bits per heavy atom. The second-order valence-corrected chi connectivity index (χ2v) is 5.76. The lowest BCUT2D eigenvalue weighted by Gasteiger charge is -2.34. The number of anilines is 2. The number of aromatic nitrogens is 2. The van der Waals surface area contributed by atoms with Gasteiger partial charge in [-0.25, -0.2) is 4.98 Å². The average molecular weight is 303 g/mol. The zero-order chi connectivity index (χ0) is 14.7. The summed E-state index contributed by atoms with van der Waals surface area (Å²) in [5, 5.41) is 4.12. The van der Waals surface area contributed by atoms with Gasteiger partial charge in [-0.2, -0.15) is 0 Å². The molecule has 1 saturated heterocycles. The molecule has 1 aliphatic heterocycles. The van der Waals surface area contributed by atoms with Gasteiger partial charge >= 0.3 is 0 Å². The number of pyridine rings is 2. The maximum atomic E-state index is 6.18. The van der Waals surface area contributed by atoms with Gasteiger partial charge in [0.1, 0.15) is 0 Å². The quantitative estimate of drug-likeness (QED) is 0.881. The van der Waals surface area contributed by atoms with E-state index in [4.69, 9.17) is 11.6 Å². The van der Waals surface area contributed by atoms with E-state index in [1.807, 2.05) is 18.5 Å². The van der Waals surface area contributed by atoms with E-state index in [0.717, 1.165) is 37.2 Å². The van der Waals surface area contributed by atoms with E-state index < -0.39 is 0 Å². The minimum atomic E-state index is 0.448. The number of nitrogens with one attached hydrogen (secondary N) is 1. The van der Waals surface area contributed by atoms with Crippen molar-refractivity contribution in [1.82, 2.24) is 9.97 Å². The van der Waals surface area contributed by atoms with Crippen LogP contribution in [0, 0.1) is 6.92 Å². The first-order valence-electron chi connectivity index (χ1n) is 7.26. The molecule has 0 bridgehead atoms. The summed E-state index contributed by atoms with van der Waals surface area (Å²) in [6.45, 7) is 4.14. The van der Waals surface area contributed by atoms with Gasteiger partial charge in [-0.1, -0.05) is 11.6 Å². The third-order valence-electron chi connectivity index (χ3n) is 3.98. The van der Waals surface area contributed by atoms with Crippen molar-refractivity contribution in [3.8, 4) is 0 Å². The molecule has 1 fully saturated rings. The van der Waals surface area contributed by atoms with Crippen molar-refractivity contribution in [2.75, 3.05) is 23.3 Å². The highest BCUT2D eigenvalue weighted by Gasteiger charge is 2.20. The van der Waals surface area contributed by atoms with Gasteiger partial charge in [0.05, 0.1) is 5.69 Å². The fraction of sp³-hybridized carbons (Fsp3) is 0.375. The Bertz CT molecular complexity index is 574. The fourth-order valence-electron chi connectivity index (χ4n) is 2.74. The standard InChI is InChI=1S/C16H19ClN4/c1-12-2-9-19-16(17)15(12)20-13-5-10-21(11-6-13)14-3-7-18-8-4-14/h2-4,7-9,13,20H,5-6,10-11H2,1H3. The minimum Gasteiger partial charge on any atom is -0.379 e. The van der Waals surface area contributed by atoms with Crippen molar-refractivity contribution in [3.63, 3.8) is 0 Å². The van der Waals surface area contributed by atoms with Crippen LogP contribution in [0.3, 0.4) is 0 Å². The first kappa shape index (κ1) is 14.1.